The first-order chi connectivity index (χ1) is 9.01. The first kappa shape index (κ1) is 14.8. The third-order valence-corrected chi connectivity index (χ3v) is 4.27. The molecule has 0 bridgehead atoms. The standard InChI is InChI=1S/C15H24ClN3/c1-18(2)10-13-5-4-12(7-14(13)16)15-6-11(8-17)9-19(15)3/h4-5,7,11,15H,6,8-10,17H2,1-3H3. The Labute approximate surface area is 121 Å². The lowest BCUT2D eigenvalue weighted by Gasteiger charge is -2.21. The van der Waals surface area contributed by atoms with Crippen LogP contribution in [0.3, 0.4) is 0 Å². The van der Waals surface area contributed by atoms with Crippen molar-refractivity contribution in [1.82, 2.24) is 9.80 Å². The summed E-state index contributed by atoms with van der Waals surface area (Å²) in [5.41, 5.74) is 8.28. The van der Waals surface area contributed by atoms with Gasteiger partial charge in [0.2, 0.25) is 0 Å². The summed E-state index contributed by atoms with van der Waals surface area (Å²) in [4.78, 5) is 4.52. The fourth-order valence-electron chi connectivity index (χ4n) is 2.91. The predicted molar refractivity (Wildman–Crippen MR) is 81.4 cm³/mol. The lowest BCUT2D eigenvalue weighted by atomic mass is 9.99. The number of likely N-dealkylation sites (tertiary alicyclic amines) is 1. The Morgan fingerprint density at radius 1 is 1.42 bits per heavy atom. The molecule has 3 nitrogen and oxygen atoms in total. The molecule has 1 fully saturated rings. The van der Waals surface area contributed by atoms with E-state index in [0.717, 1.165) is 31.1 Å². The third kappa shape index (κ3) is 3.48. The first-order valence-corrected chi connectivity index (χ1v) is 7.22. The average molecular weight is 282 g/mol. The van der Waals surface area contributed by atoms with Crippen molar-refractivity contribution in [2.75, 3.05) is 34.2 Å². The van der Waals surface area contributed by atoms with Gasteiger partial charge in [0.25, 0.3) is 0 Å². The van der Waals surface area contributed by atoms with E-state index in [4.69, 9.17) is 17.3 Å². The van der Waals surface area contributed by atoms with E-state index in [9.17, 15) is 0 Å². The summed E-state index contributed by atoms with van der Waals surface area (Å²) in [5, 5.41) is 0.871. The van der Waals surface area contributed by atoms with Gasteiger partial charge < -0.3 is 10.6 Å². The van der Waals surface area contributed by atoms with Gasteiger partial charge in [-0.1, -0.05) is 23.7 Å². The quantitative estimate of drug-likeness (QED) is 0.920. The van der Waals surface area contributed by atoms with Crippen LogP contribution in [0.25, 0.3) is 0 Å². The van der Waals surface area contributed by atoms with E-state index < -0.39 is 0 Å². The van der Waals surface area contributed by atoms with Crippen LogP contribution in [0.2, 0.25) is 5.02 Å². The molecule has 1 aliphatic heterocycles. The molecule has 2 unspecified atom stereocenters. The van der Waals surface area contributed by atoms with Crippen LogP contribution in [0.4, 0.5) is 0 Å². The zero-order valence-electron chi connectivity index (χ0n) is 12.1. The van der Waals surface area contributed by atoms with Gasteiger partial charge in [0, 0.05) is 24.2 Å². The summed E-state index contributed by atoms with van der Waals surface area (Å²) < 4.78 is 0. The molecule has 0 spiro atoms. The maximum atomic E-state index is 6.40. The van der Waals surface area contributed by atoms with Gasteiger partial charge in [-0.25, -0.2) is 0 Å². The van der Waals surface area contributed by atoms with Crippen molar-refractivity contribution in [3.63, 3.8) is 0 Å². The molecule has 2 N–H and O–H groups in total. The molecule has 106 valence electrons. The number of hydrogen-bond acceptors (Lipinski definition) is 3. The zero-order chi connectivity index (χ0) is 14.0. The smallest absolute Gasteiger partial charge is 0.0454 e. The lowest BCUT2D eigenvalue weighted by Crippen LogP contribution is -2.20. The van der Waals surface area contributed by atoms with E-state index in [2.05, 4.69) is 49.1 Å². The minimum atomic E-state index is 0.458. The molecule has 0 aromatic heterocycles. The van der Waals surface area contributed by atoms with E-state index in [-0.39, 0.29) is 0 Å². The summed E-state index contributed by atoms with van der Waals surface area (Å²) in [6, 6.07) is 6.95. The van der Waals surface area contributed by atoms with Crippen LogP contribution in [0.1, 0.15) is 23.6 Å². The molecule has 19 heavy (non-hydrogen) atoms. The second kappa shape index (κ2) is 6.23. The van der Waals surface area contributed by atoms with E-state index in [0.29, 0.717) is 12.0 Å². The summed E-state index contributed by atoms with van der Waals surface area (Å²) in [5.74, 6) is 0.607. The van der Waals surface area contributed by atoms with Crippen molar-refractivity contribution >= 4 is 11.6 Å². The number of nitrogens with two attached hydrogens (primary N) is 1. The van der Waals surface area contributed by atoms with Crippen LogP contribution in [0.5, 0.6) is 0 Å². The van der Waals surface area contributed by atoms with Gasteiger partial charge in [0.05, 0.1) is 0 Å². The molecule has 0 aliphatic carbocycles. The monoisotopic (exact) mass is 281 g/mol. The Morgan fingerprint density at radius 2 is 2.16 bits per heavy atom. The highest BCUT2D eigenvalue weighted by atomic mass is 35.5. The molecule has 0 saturated carbocycles. The molecule has 0 radical (unpaired) electrons. The second-order valence-corrected chi connectivity index (χ2v) is 6.29. The van der Waals surface area contributed by atoms with E-state index in [1.54, 1.807) is 0 Å². The van der Waals surface area contributed by atoms with Gasteiger partial charge in [-0.05, 0) is 57.2 Å². The Kier molecular flexibility index (Phi) is 4.85. The van der Waals surface area contributed by atoms with Gasteiger partial charge in [-0.15, -0.1) is 0 Å². The molecule has 1 aromatic rings. The van der Waals surface area contributed by atoms with Crippen LogP contribution in [0.15, 0.2) is 18.2 Å². The SMILES string of the molecule is CN(C)Cc1ccc(C2CC(CN)CN2C)cc1Cl. The molecule has 1 saturated heterocycles. The van der Waals surface area contributed by atoms with Crippen LogP contribution in [0, 0.1) is 5.92 Å². The molecule has 1 aromatic carbocycles. The molecule has 2 rings (SSSR count). The Balaban J connectivity index is 2.16. The van der Waals surface area contributed by atoms with Crippen molar-refractivity contribution in [3.8, 4) is 0 Å². The maximum absolute atomic E-state index is 6.40. The number of halogens is 1. The van der Waals surface area contributed by atoms with E-state index >= 15 is 0 Å². The largest absolute Gasteiger partial charge is 0.330 e. The van der Waals surface area contributed by atoms with Crippen molar-refractivity contribution < 1.29 is 0 Å². The zero-order valence-corrected chi connectivity index (χ0v) is 12.8. The Bertz CT molecular complexity index is 433. The summed E-state index contributed by atoms with van der Waals surface area (Å²) in [7, 11) is 6.28. The summed E-state index contributed by atoms with van der Waals surface area (Å²) in [6.45, 7) is 2.73. The van der Waals surface area contributed by atoms with Crippen LogP contribution in [-0.4, -0.2) is 44.0 Å². The fourth-order valence-corrected chi connectivity index (χ4v) is 3.15. The summed E-state index contributed by atoms with van der Waals surface area (Å²) in [6.07, 6.45) is 1.14. The van der Waals surface area contributed by atoms with Gasteiger partial charge in [0.15, 0.2) is 0 Å². The fraction of sp³-hybridized carbons (Fsp3) is 0.600. The number of nitrogens with zero attached hydrogens (tertiary/aromatic N) is 2. The van der Waals surface area contributed by atoms with Crippen LogP contribution >= 0.6 is 11.6 Å². The van der Waals surface area contributed by atoms with Gasteiger partial charge >= 0.3 is 0 Å². The van der Waals surface area contributed by atoms with Crippen LogP contribution in [-0.2, 0) is 6.54 Å². The lowest BCUT2D eigenvalue weighted by molar-refractivity contribution is 0.313. The number of hydrogen-bond donors (Lipinski definition) is 1. The van der Waals surface area contributed by atoms with Crippen molar-refractivity contribution in [1.29, 1.82) is 0 Å². The third-order valence-electron chi connectivity index (χ3n) is 3.92. The van der Waals surface area contributed by atoms with Gasteiger partial charge in [-0.2, -0.15) is 0 Å². The van der Waals surface area contributed by atoms with Gasteiger partial charge in [0.1, 0.15) is 0 Å². The Morgan fingerprint density at radius 3 is 2.68 bits per heavy atom. The molecule has 1 aliphatic rings. The molecule has 4 heteroatoms. The van der Waals surface area contributed by atoms with Crippen molar-refractivity contribution in [2.45, 2.75) is 19.0 Å². The highest BCUT2D eigenvalue weighted by molar-refractivity contribution is 6.31. The molecule has 2 atom stereocenters. The molecular formula is C15H24ClN3. The molecular weight excluding hydrogens is 258 g/mol. The van der Waals surface area contributed by atoms with Crippen molar-refractivity contribution in [2.24, 2.45) is 11.7 Å². The average Bonchev–Trinajstić information content (AvgIpc) is 2.73. The second-order valence-electron chi connectivity index (χ2n) is 5.88. The van der Waals surface area contributed by atoms with E-state index in [1.807, 2.05) is 0 Å². The topological polar surface area (TPSA) is 32.5 Å². The summed E-state index contributed by atoms with van der Waals surface area (Å²) >= 11 is 6.40. The minimum absolute atomic E-state index is 0.458. The highest BCUT2D eigenvalue weighted by Gasteiger charge is 2.29. The maximum Gasteiger partial charge on any atom is 0.0454 e. The number of rotatable bonds is 4. The normalized spacial score (nSPS) is 24.3. The molecule has 0 amide bonds. The Hall–Kier alpha value is -0.610. The number of benzene rings is 1. The van der Waals surface area contributed by atoms with Crippen LogP contribution < -0.4 is 5.73 Å². The predicted octanol–water partition coefficient (Wildman–Crippen LogP) is 2.35. The molecule has 1 heterocycles. The van der Waals surface area contributed by atoms with Gasteiger partial charge in [-0.3, -0.25) is 4.90 Å². The minimum Gasteiger partial charge on any atom is -0.330 e. The van der Waals surface area contributed by atoms with Crippen molar-refractivity contribution in [3.05, 3.63) is 34.3 Å². The first-order valence-electron chi connectivity index (χ1n) is 6.84. The highest BCUT2D eigenvalue weighted by Crippen LogP contribution is 2.35. The van der Waals surface area contributed by atoms with E-state index in [1.165, 1.54) is 11.1 Å².